The Hall–Kier alpha value is -2.49. The first-order valence-corrected chi connectivity index (χ1v) is 10.5. The molecule has 6 nitrogen and oxygen atoms in total. The van der Waals surface area contributed by atoms with Crippen LogP contribution in [0.5, 0.6) is 0 Å². The molecule has 1 fully saturated rings. The van der Waals surface area contributed by atoms with E-state index in [2.05, 4.69) is 15.1 Å². The highest BCUT2D eigenvalue weighted by molar-refractivity contribution is 7.11. The van der Waals surface area contributed by atoms with Crippen molar-refractivity contribution < 1.29 is 22.5 Å². The molecule has 1 saturated heterocycles. The quantitative estimate of drug-likeness (QED) is 0.599. The van der Waals surface area contributed by atoms with E-state index in [0.717, 1.165) is 21.6 Å². The number of amides is 1. The van der Waals surface area contributed by atoms with Crippen LogP contribution < -0.4 is 0 Å². The Morgan fingerprint density at radius 2 is 2.03 bits per heavy atom. The number of piperidine rings is 1. The van der Waals surface area contributed by atoms with Crippen LogP contribution in [0.25, 0.3) is 11.1 Å². The predicted molar refractivity (Wildman–Crippen MR) is 105 cm³/mol. The molecule has 3 aromatic rings. The second-order valence-electron chi connectivity index (χ2n) is 7.64. The smallest absolute Gasteiger partial charge is 0.342 e. The lowest BCUT2D eigenvalue weighted by Gasteiger charge is -2.32. The summed E-state index contributed by atoms with van der Waals surface area (Å²) in [5, 5.41) is 4.45. The number of fused-ring (bicyclic) bond motifs is 1. The van der Waals surface area contributed by atoms with Crippen molar-refractivity contribution in [3.05, 3.63) is 38.6 Å². The van der Waals surface area contributed by atoms with Crippen molar-refractivity contribution in [3.63, 3.8) is 0 Å². The van der Waals surface area contributed by atoms with Crippen LogP contribution in [0.4, 0.5) is 13.2 Å². The molecule has 0 radical (unpaired) electrons. The largest absolute Gasteiger partial charge is 0.417 e. The predicted octanol–water partition coefficient (Wildman–Crippen LogP) is 4.57. The van der Waals surface area contributed by atoms with Gasteiger partial charge in [-0.15, -0.1) is 11.3 Å². The Morgan fingerprint density at radius 3 is 2.70 bits per heavy atom. The number of aryl methyl sites for hydroxylation is 3. The van der Waals surface area contributed by atoms with Crippen LogP contribution in [-0.4, -0.2) is 39.0 Å². The summed E-state index contributed by atoms with van der Waals surface area (Å²) in [6, 6.07) is 1.09. The van der Waals surface area contributed by atoms with Crippen LogP contribution in [0.1, 0.15) is 51.3 Å². The van der Waals surface area contributed by atoms with Crippen LogP contribution in [0.2, 0.25) is 0 Å². The van der Waals surface area contributed by atoms with E-state index in [9.17, 15) is 18.0 Å². The minimum absolute atomic E-state index is 0.0425. The van der Waals surface area contributed by atoms with E-state index in [4.69, 9.17) is 4.52 Å². The lowest BCUT2D eigenvalue weighted by Crippen LogP contribution is -2.40. The Bertz CT molecular complexity index is 1110. The molecule has 4 heterocycles. The molecule has 0 bridgehead atoms. The molecule has 0 aromatic carbocycles. The Morgan fingerprint density at radius 1 is 1.27 bits per heavy atom. The fourth-order valence-corrected chi connectivity index (χ4v) is 4.91. The van der Waals surface area contributed by atoms with E-state index in [0.29, 0.717) is 25.9 Å². The molecule has 160 valence electrons. The van der Waals surface area contributed by atoms with Gasteiger partial charge in [0.05, 0.1) is 39.5 Å². The summed E-state index contributed by atoms with van der Waals surface area (Å²) >= 11 is 1.50. The first-order chi connectivity index (χ1) is 14.1. The van der Waals surface area contributed by atoms with Crippen molar-refractivity contribution >= 4 is 28.3 Å². The lowest BCUT2D eigenvalue weighted by molar-refractivity contribution is -0.136. The van der Waals surface area contributed by atoms with Gasteiger partial charge in [-0.1, -0.05) is 5.16 Å². The normalized spacial score (nSPS) is 17.7. The molecule has 1 amide bonds. The molecule has 10 heteroatoms. The number of hydrogen-bond acceptors (Lipinski definition) is 6. The minimum Gasteiger partial charge on any atom is -0.342 e. The zero-order valence-corrected chi connectivity index (χ0v) is 17.7. The van der Waals surface area contributed by atoms with E-state index in [1.807, 2.05) is 13.8 Å². The van der Waals surface area contributed by atoms with Gasteiger partial charge in [-0.05, 0) is 39.7 Å². The average Bonchev–Trinajstić information content (AvgIpc) is 3.21. The first-order valence-electron chi connectivity index (χ1n) is 9.68. The molecule has 0 spiro atoms. The van der Waals surface area contributed by atoms with Crippen LogP contribution >= 0.6 is 11.3 Å². The van der Waals surface area contributed by atoms with E-state index < -0.39 is 11.7 Å². The van der Waals surface area contributed by atoms with Gasteiger partial charge in [-0.3, -0.25) is 4.79 Å². The van der Waals surface area contributed by atoms with Gasteiger partial charge in [0.2, 0.25) is 5.91 Å². The fourth-order valence-electron chi connectivity index (χ4n) is 3.98. The molecule has 4 rings (SSSR count). The molecule has 30 heavy (non-hydrogen) atoms. The van der Waals surface area contributed by atoms with Crippen LogP contribution in [0.15, 0.2) is 10.6 Å². The van der Waals surface area contributed by atoms with Gasteiger partial charge in [-0.25, -0.2) is 9.97 Å². The number of hydrogen-bond donors (Lipinski definition) is 0. The SMILES string of the molecule is Cc1nc(C)c(CC(=O)N2CCCC(c3cc(C(F)(F)F)c4c(C)noc4n3)C2)s1. The van der Waals surface area contributed by atoms with E-state index in [1.165, 1.54) is 18.3 Å². The second-order valence-corrected chi connectivity index (χ2v) is 8.93. The monoisotopic (exact) mass is 438 g/mol. The lowest BCUT2D eigenvalue weighted by atomic mass is 9.92. The van der Waals surface area contributed by atoms with Crippen molar-refractivity contribution in [2.75, 3.05) is 13.1 Å². The number of carbonyl (C=O) groups is 1. The van der Waals surface area contributed by atoms with Crippen molar-refractivity contribution in [2.45, 2.75) is 52.1 Å². The highest BCUT2D eigenvalue weighted by Gasteiger charge is 2.37. The van der Waals surface area contributed by atoms with Crippen LogP contribution in [0, 0.1) is 20.8 Å². The molecular weight excluding hydrogens is 417 g/mol. The third-order valence-electron chi connectivity index (χ3n) is 5.45. The molecular formula is C20H21F3N4O2S. The summed E-state index contributed by atoms with van der Waals surface area (Å²) in [5.74, 6) is -0.331. The maximum atomic E-state index is 13.6. The minimum atomic E-state index is -4.54. The van der Waals surface area contributed by atoms with Gasteiger partial charge in [0.1, 0.15) is 0 Å². The highest BCUT2D eigenvalue weighted by Crippen LogP contribution is 2.38. The number of pyridine rings is 1. The van der Waals surface area contributed by atoms with Crippen molar-refractivity contribution in [1.82, 2.24) is 20.0 Å². The zero-order chi connectivity index (χ0) is 21.6. The third kappa shape index (κ3) is 3.92. The second kappa shape index (κ2) is 7.64. The topological polar surface area (TPSA) is 72.1 Å². The zero-order valence-electron chi connectivity index (χ0n) is 16.8. The van der Waals surface area contributed by atoms with E-state index in [-0.39, 0.29) is 40.7 Å². The molecule has 0 saturated carbocycles. The number of aromatic nitrogens is 3. The number of nitrogens with zero attached hydrogens (tertiary/aromatic N) is 4. The molecule has 1 unspecified atom stereocenters. The molecule has 0 aliphatic carbocycles. The Labute approximate surface area is 175 Å². The molecule has 3 aromatic heterocycles. The summed E-state index contributed by atoms with van der Waals surface area (Å²) in [7, 11) is 0. The highest BCUT2D eigenvalue weighted by atomic mass is 32.1. The van der Waals surface area contributed by atoms with Gasteiger partial charge in [0, 0.05) is 23.9 Å². The first kappa shape index (κ1) is 20.8. The van der Waals surface area contributed by atoms with Crippen molar-refractivity contribution in [2.24, 2.45) is 0 Å². The van der Waals surface area contributed by atoms with E-state index >= 15 is 0 Å². The molecule has 0 N–H and O–H groups in total. The maximum absolute atomic E-state index is 13.6. The summed E-state index contributed by atoms with van der Waals surface area (Å²) in [4.78, 5) is 24.1. The summed E-state index contributed by atoms with van der Waals surface area (Å²) in [5.41, 5.74) is 0.388. The van der Waals surface area contributed by atoms with Crippen LogP contribution in [-0.2, 0) is 17.4 Å². The fraction of sp³-hybridized carbons (Fsp3) is 0.500. The number of rotatable bonds is 3. The van der Waals surface area contributed by atoms with Crippen molar-refractivity contribution in [3.8, 4) is 0 Å². The van der Waals surface area contributed by atoms with Crippen molar-refractivity contribution in [1.29, 1.82) is 0 Å². The Kier molecular flexibility index (Phi) is 5.29. The van der Waals surface area contributed by atoms with E-state index in [1.54, 1.807) is 4.90 Å². The maximum Gasteiger partial charge on any atom is 0.417 e. The number of thiazole rings is 1. The van der Waals surface area contributed by atoms with Crippen LogP contribution in [0.3, 0.4) is 0 Å². The molecule has 1 aliphatic rings. The van der Waals surface area contributed by atoms with Gasteiger partial charge >= 0.3 is 6.18 Å². The Balaban J connectivity index is 1.59. The van der Waals surface area contributed by atoms with Gasteiger partial charge in [-0.2, -0.15) is 13.2 Å². The average molecular weight is 438 g/mol. The number of carbonyl (C=O) groups excluding carboxylic acids is 1. The third-order valence-corrected chi connectivity index (χ3v) is 6.52. The standard InChI is InChI=1S/C20H21F3N4O2S/c1-10-16(30-12(3)24-10)8-17(28)27-6-4-5-13(9-27)15-7-14(20(21,22)23)18-11(2)26-29-19(18)25-15/h7,13H,4-6,8-9H2,1-3H3. The number of alkyl halides is 3. The number of halogens is 3. The summed E-state index contributed by atoms with van der Waals surface area (Å²) < 4.78 is 46.0. The molecule has 1 aliphatic heterocycles. The summed E-state index contributed by atoms with van der Waals surface area (Å²) in [6.07, 6.45) is -2.93. The van der Waals surface area contributed by atoms with Gasteiger partial charge in [0.15, 0.2) is 0 Å². The van der Waals surface area contributed by atoms with Gasteiger partial charge < -0.3 is 9.42 Å². The summed E-state index contributed by atoms with van der Waals surface area (Å²) in [6.45, 7) is 6.16. The molecule has 1 atom stereocenters. The number of likely N-dealkylation sites (tertiary alicyclic amines) is 1. The van der Waals surface area contributed by atoms with Gasteiger partial charge in [0.25, 0.3) is 5.71 Å².